The van der Waals surface area contributed by atoms with Crippen LogP contribution in [0.15, 0.2) is 12.7 Å². The fourth-order valence-electron chi connectivity index (χ4n) is 3.44. The van der Waals surface area contributed by atoms with Gasteiger partial charge in [0, 0.05) is 25.6 Å². The van der Waals surface area contributed by atoms with Crippen LogP contribution in [0.2, 0.25) is 0 Å². The van der Waals surface area contributed by atoms with E-state index in [-0.39, 0.29) is 30.0 Å². The Bertz CT molecular complexity index is 520. The molecule has 1 heterocycles. The molecule has 0 unspecified atom stereocenters. The standard InChI is InChI=1S/C15H26N2O4S/c1-2-10-22(20,21)11-8-16-14(18)17-9-7-15(19)6-4-3-5-13(15)12-17/h2,13,19H,1,3-12H2,(H,16,18)/t13-,15+/m1/s1. The van der Waals surface area contributed by atoms with Crippen molar-refractivity contribution in [2.75, 3.05) is 31.1 Å². The fourth-order valence-corrected chi connectivity index (χ4v) is 4.38. The molecule has 2 atom stereocenters. The molecule has 0 aromatic rings. The highest BCUT2D eigenvalue weighted by atomic mass is 32.2. The maximum Gasteiger partial charge on any atom is 0.317 e. The zero-order valence-electron chi connectivity index (χ0n) is 13.0. The summed E-state index contributed by atoms with van der Waals surface area (Å²) in [6.07, 6.45) is 5.90. The topological polar surface area (TPSA) is 86.7 Å². The highest BCUT2D eigenvalue weighted by Gasteiger charge is 2.43. The van der Waals surface area contributed by atoms with Gasteiger partial charge in [-0.3, -0.25) is 0 Å². The lowest BCUT2D eigenvalue weighted by Crippen LogP contribution is -2.56. The van der Waals surface area contributed by atoms with Crippen molar-refractivity contribution in [3.05, 3.63) is 12.7 Å². The fraction of sp³-hybridized carbons (Fsp3) is 0.800. The summed E-state index contributed by atoms with van der Waals surface area (Å²) in [5.74, 6) is -0.00143. The van der Waals surface area contributed by atoms with Gasteiger partial charge < -0.3 is 15.3 Å². The van der Waals surface area contributed by atoms with Gasteiger partial charge in [-0.25, -0.2) is 13.2 Å². The predicted molar refractivity (Wildman–Crippen MR) is 85.3 cm³/mol. The third kappa shape index (κ3) is 4.23. The number of piperidine rings is 1. The van der Waals surface area contributed by atoms with Crippen molar-refractivity contribution in [1.29, 1.82) is 0 Å². The molecule has 2 amide bonds. The maximum absolute atomic E-state index is 12.1. The molecule has 0 radical (unpaired) electrons. The third-order valence-corrected chi connectivity index (χ3v) is 6.35. The second kappa shape index (κ2) is 7.00. The molecular weight excluding hydrogens is 304 g/mol. The first-order valence-electron chi connectivity index (χ1n) is 7.93. The number of likely N-dealkylation sites (tertiary alicyclic amines) is 1. The van der Waals surface area contributed by atoms with Crippen LogP contribution in [0.3, 0.4) is 0 Å². The van der Waals surface area contributed by atoms with Crippen molar-refractivity contribution >= 4 is 15.9 Å². The Kier molecular flexibility index (Phi) is 5.50. The van der Waals surface area contributed by atoms with Crippen LogP contribution < -0.4 is 5.32 Å². The van der Waals surface area contributed by atoms with E-state index < -0.39 is 15.4 Å². The lowest BCUT2D eigenvalue weighted by atomic mass is 9.71. The molecule has 0 spiro atoms. The first-order chi connectivity index (χ1) is 10.4. The van der Waals surface area contributed by atoms with E-state index >= 15 is 0 Å². The van der Waals surface area contributed by atoms with Gasteiger partial charge in [-0.05, 0) is 19.3 Å². The Labute approximate surface area is 132 Å². The summed E-state index contributed by atoms with van der Waals surface area (Å²) in [5.41, 5.74) is -0.609. The molecule has 1 saturated carbocycles. The number of nitrogens with one attached hydrogen (secondary N) is 1. The van der Waals surface area contributed by atoms with E-state index in [9.17, 15) is 18.3 Å². The van der Waals surface area contributed by atoms with Gasteiger partial charge in [0.1, 0.15) is 0 Å². The van der Waals surface area contributed by atoms with Crippen molar-refractivity contribution in [2.24, 2.45) is 5.92 Å². The smallest absolute Gasteiger partial charge is 0.317 e. The average molecular weight is 330 g/mol. The van der Waals surface area contributed by atoms with Crippen molar-refractivity contribution in [3.8, 4) is 0 Å². The molecule has 1 saturated heterocycles. The first-order valence-corrected chi connectivity index (χ1v) is 9.75. The normalized spacial score (nSPS) is 28.8. The number of hydrogen-bond donors (Lipinski definition) is 2. The van der Waals surface area contributed by atoms with Crippen LogP contribution in [0.1, 0.15) is 32.1 Å². The van der Waals surface area contributed by atoms with Gasteiger partial charge in [-0.1, -0.05) is 18.9 Å². The molecule has 2 N–H and O–H groups in total. The van der Waals surface area contributed by atoms with Crippen molar-refractivity contribution < 1.29 is 18.3 Å². The molecule has 7 heteroatoms. The van der Waals surface area contributed by atoms with Gasteiger partial charge in [-0.15, -0.1) is 6.58 Å². The van der Waals surface area contributed by atoms with E-state index in [4.69, 9.17) is 0 Å². The van der Waals surface area contributed by atoms with Gasteiger partial charge in [0.25, 0.3) is 0 Å². The monoisotopic (exact) mass is 330 g/mol. The van der Waals surface area contributed by atoms with Crippen LogP contribution in [-0.4, -0.2) is 61.2 Å². The van der Waals surface area contributed by atoms with Crippen molar-refractivity contribution in [1.82, 2.24) is 10.2 Å². The van der Waals surface area contributed by atoms with E-state index in [1.165, 1.54) is 6.08 Å². The van der Waals surface area contributed by atoms with Crippen LogP contribution in [0.25, 0.3) is 0 Å². The second-order valence-electron chi connectivity index (χ2n) is 6.38. The van der Waals surface area contributed by atoms with Crippen molar-refractivity contribution in [2.45, 2.75) is 37.7 Å². The molecule has 22 heavy (non-hydrogen) atoms. The minimum atomic E-state index is -3.18. The SMILES string of the molecule is C=CCS(=O)(=O)CCNC(=O)N1CC[C@@]2(O)CCCC[C@@H]2C1. The number of fused-ring (bicyclic) bond motifs is 1. The molecular formula is C15H26N2O4S. The van der Waals surface area contributed by atoms with Crippen LogP contribution in [0, 0.1) is 5.92 Å². The zero-order valence-corrected chi connectivity index (χ0v) is 13.8. The minimum Gasteiger partial charge on any atom is -0.389 e. The quantitative estimate of drug-likeness (QED) is 0.734. The summed E-state index contributed by atoms with van der Waals surface area (Å²) in [4.78, 5) is 13.8. The van der Waals surface area contributed by atoms with Crippen LogP contribution in [-0.2, 0) is 9.84 Å². The van der Waals surface area contributed by atoms with Gasteiger partial charge in [0.05, 0.1) is 17.1 Å². The van der Waals surface area contributed by atoms with E-state index in [1.807, 2.05) is 0 Å². The van der Waals surface area contributed by atoms with E-state index in [1.54, 1.807) is 4.90 Å². The lowest BCUT2D eigenvalue weighted by Gasteiger charge is -2.47. The van der Waals surface area contributed by atoms with Gasteiger partial charge in [-0.2, -0.15) is 0 Å². The Balaban J connectivity index is 1.80. The number of carbonyl (C=O) groups is 1. The Hall–Kier alpha value is -1.08. The number of urea groups is 1. The van der Waals surface area contributed by atoms with E-state index in [0.717, 1.165) is 25.7 Å². The molecule has 0 aromatic heterocycles. The van der Waals surface area contributed by atoms with Crippen LogP contribution in [0.4, 0.5) is 4.79 Å². The highest BCUT2D eigenvalue weighted by molar-refractivity contribution is 7.91. The Morgan fingerprint density at radius 2 is 2.18 bits per heavy atom. The molecule has 6 nitrogen and oxygen atoms in total. The summed E-state index contributed by atoms with van der Waals surface area (Å²) < 4.78 is 23.1. The summed E-state index contributed by atoms with van der Waals surface area (Å²) in [6.45, 7) is 4.60. The van der Waals surface area contributed by atoms with Gasteiger partial charge >= 0.3 is 6.03 Å². The highest BCUT2D eigenvalue weighted by Crippen LogP contribution is 2.39. The third-order valence-electron chi connectivity index (χ3n) is 4.78. The number of carbonyl (C=O) groups excluding carboxylic acids is 1. The summed E-state index contributed by atoms with van der Waals surface area (Å²) in [5, 5.41) is 13.3. The molecule has 126 valence electrons. The number of rotatable bonds is 5. The second-order valence-corrected chi connectivity index (χ2v) is 8.61. The number of nitrogens with zero attached hydrogens (tertiary/aromatic N) is 1. The van der Waals surface area contributed by atoms with E-state index in [2.05, 4.69) is 11.9 Å². The molecule has 0 bridgehead atoms. The molecule has 0 aromatic carbocycles. The molecule has 2 fully saturated rings. The van der Waals surface area contributed by atoms with Crippen molar-refractivity contribution in [3.63, 3.8) is 0 Å². The number of amides is 2. The molecule has 1 aliphatic heterocycles. The first kappa shape index (κ1) is 17.3. The Morgan fingerprint density at radius 1 is 1.41 bits per heavy atom. The number of hydrogen-bond acceptors (Lipinski definition) is 4. The minimum absolute atomic E-state index is 0.0678. The maximum atomic E-state index is 12.1. The molecule has 2 aliphatic rings. The Morgan fingerprint density at radius 3 is 2.91 bits per heavy atom. The lowest BCUT2D eigenvalue weighted by molar-refractivity contribution is -0.0870. The van der Waals surface area contributed by atoms with Gasteiger partial charge in [0.15, 0.2) is 9.84 Å². The average Bonchev–Trinajstić information content (AvgIpc) is 2.45. The summed E-state index contributed by atoms with van der Waals surface area (Å²) >= 11 is 0. The number of sulfone groups is 1. The van der Waals surface area contributed by atoms with Crippen LogP contribution >= 0.6 is 0 Å². The molecule has 2 rings (SSSR count). The van der Waals surface area contributed by atoms with Crippen LogP contribution in [0.5, 0.6) is 0 Å². The zero-order chi connectivity index (χ0) is 16.2. The largest absolute Gasteiger partial charge is 0.389 e. The van der Waals surface area contributed by atoms with Gasteiger partial charge in [0.2, 0.25) is 0 Å². The molecule has 1 aliphatic carbocycles. The van der Waals surface area contributed by atoms with E-state index in [0.29, 0.717) is 19.5 Å². The number of aliphatic hydroxyl groups is 1. The summed E-state index contributed by atoms with van der Waals surface area (Å²) in [6, 6.07) is -0.235. The predicted octanol–water partition coefficient (Wildman–Crippen LogP) is 0.924. The summed E-state index contributed by atoms with van der Waals surface area (Å²) in [7, 11) is -3.18.